The molecule has 1 rings (SSSR count). The molecule has 6 nitrogen and oxygen atoms in total. The monoisotopic (exact) mass is 292 g/mol. The number of nitrogens with zero attached hydrogens (tertiary/aromatic N) is 1. The maximum Gasteiger partial charge on any atom is 0.304 e. The lowest BCUT2D eigenvalue weighted by atomic mass is 10.1. The molecule has 0 radical (unpaired) electrons. The molecule has 1 amide bonds. The number of carbonyl (C=O) groups is 3. The summed E-state index contributed by atoms with van der Waals surface area (Å²) in [6.45, 7) is 3.45. The van der Waals surface area contributed by atoms with Crippen LogP contribution >= 0.6 is 0 Å². The van der Waals surface area contributed by atoms with Gasteiger partial charge in [0.1, 0.15) is 0 Å². The number of likely N-dealkylation sites (N-methyl/N-ethyl adjacent to an activating group) is 1. The van der Waals surface area contributed by atoms with Gasteiger partial charge in [0.05, 0.1) is 12.5 Å². The molecule has 0 aliphatic carbocycles. The quantitative estimate of drug-likeness (QED) is 0.746. The molecule has 1 unspecified atom stereocenters. The number of amides is 1. The molecule has 114 valence electrons. The summed E-state index contributed by atoms with van der Waals surface area (Å²) in [4.78, 5) is 35.6. The first-order valence-electron chi connectivity index (χ1n) is 6.65. The van der Waals surface area contributed by atoms with Crippen LogP contribution in [0.4, 0.5) is 5.69 Å². The number of hydrogen-bond donors (Lipinski definition) is 2. The number of anilines is 1. The van der Waals surface area contributed by atoms with Crippen LogP contribution in [-0.2, 0) is 9.59 Å². The smallest absolute Gasteiger partial charge is 0.304 e. The highest BCUT2D eigenvalue weighted by Gasteiger charge is 2.18. The summed E-state index contributed by atoms with van der Waals surface area (Å²) in [5.74, 6) is -1.22. The predicted molar refractivity (Wildman–Crippen MR) is 79.4 cm³/mol. The average Bonchev–Trinajstić information content (AvgIpc) is 2.44. The largest absolute Gasteiger partial charge is 0.481 e. The highest BCUT2D eigenvalue weighted by molar-refractivity contribution is 5.98. The van der Waals surface area contributed by atoms with Crippen LogP contribution in [0, 0.1) is 0 Å². The highest BCUT2D eigenvalue weighted by atomic mass is 16.4. The lowest BCUT2D eigenvalue weighted by molar-refractivity contribution is -0.137. The van der Waals surface area contributed by atoms with Crippen LogP contribution in [0.3, 0.4) is 0 Å². The molecule has 0 aromatic heterocycles. The molecular weight excluding hydrogens is 272 g/mol. The van der Waals surface area contributed by atoms with Crippen molar-refractivity contribution in [2.45, 2.75) is 26.3 Å². The highest BCUT2D eigenvalue weighted by Crippen LogP contribution is 2.12. The molecule has 1 atom stereocenters. The molecule has 0 heterocycles. The summed E-state index contributed by atoms with van der Waals surface area (Å²) >= 11 is 0. The lowest BCUT2D eigenvalue weighted by Crippen LogP contribution is -2.40. The molecule has 0 aliphatic rings. The van der Waals surface area contributed by atoms with Crippen molar-refractivity contribution in [3.8, 4) is 0 Å². The number of benzene rings is 1. The van der Waals surface area contributed by atoms with Crippen LogP contribution < -0.4 is 5.32 Å². The first-order valence-corrected chi connectivity index (χ1v) is 6.65. The minimum atomic E-state index is -0.899. The third kappa shape index (κ3) is 5.35. The van der Waals surface area contributed by atoms with Crippen molar-refractivity contribution in [1.29, 1.82) is 0 Å². The van der Waals surface area contributed by atoms with Gasteiger partial charge in [-0.1, -0.05) is 12.1 Å². The summed E-state index contributed by atoms with van der Waals surface area (Å²) in [6, 6.07) is 6.23. The lowest BCUT2D eigenvalue weighted by Gasteiger charge is -2.23. The molecule has 6 heteroatoms. The van der Waals surface area contributed by atoms with Gasteiger partial charge in [-0.25, -0.2) is 0 Å². The fraction of sp³-hybridized carbons (Fsp3) is 0.400. The van der Waals surface area contributed by atoms with Gasteiger partial charge in [0.15, 0.2) is 5.78 Å². The standard InChI is InChI=1S/C15H20N2O4/c1-10(17(3)8-7-14(19)20)15(21)16-13-6-4-5-12(9-13)11(2)18/h4-6,9-10H,7-8H2,1-3H3,(H,16,21)(H,19,20). The van der Waals surface area contributed by atoms with E-state index >= 15 is 0 Å². The molecule has 2 N–H and O–H groups in total. The molecule has 1 aromatic rings. The van der Waals surface area contributed by atoms with Gasteiger partial charge in [-0.15, -0.1) is 0 Å². The average molecular weight is 292 g/mol. The van der Waals surface area contributed by atoms with E-state index in [2.05, 4.69) is 5.32 Å². The second-order valence-electron chi connectivity index (χ2n) is 4.93. The van der Waals surface area contributed by atoms with E-state index in [-0.39, 0.29) is 24.7 Å². The van der Waals surface area contributed by atoms with Crippen molar-refractivity contribution in [1.82, 2.24) is 4.90 Å². The third-order valence-electron chi connectivity index (χ3n) is 3.26. The Morgan fingerprint density at radius 3 is 2.57 bits per heavy atom. The summed E-state index contributed by atoms with van der Waals surface area (Å²) < 4.78 is 0. The Bertz CT molecular complexity index is 542. The van der Waals surface area contributed by atoms with E-state index < -0.39 is 12.0 Å². The molecule has 0 aliphatic heterocycles. The number of nitrogens with one attached hydrogen (secondary N) is 1. The molecule has 21 heavy (non-hydrogen) atoms. The number of carboxylic acids is 1. The molecule has 1 aromatic carbocycles. The van der Waals surface area contributed by atoms with E-state index in [0.29, 0.717) is 11.3 Å². The number of ketones is 1. The fourth-order valence-corrected chi connectivity index (χ4v) is 1.73. The van der Waals surface area contributed by atoms with E-state index in [1.807, 2.05) is 0 Å². The van der Waals surface area contributed by atoms with Crippen LogP contribution in [0.2, 0.25) is 0 Å². The Morgan fingerprint density at radius 1 is 1.33 bits per heavy atom. The zero-order valence-electron chi connectivity index (χ0n) is 12.4. The summed E-state index contributed by atoms with van der Waals surface area (Å²) in [7, 11) is 1.69. The number of hydrogen-bond acceptors (Lipinski definition) is 4. The minimum absolute atomic E-state index is 0.0199. The van der Waals surface area contributed by atoms with Gasteiger partial charge in [-0.3, -0.25) is 19.3 Å². The van der Waals surface area contributed by atoms with Crippen molar-refractivity contribution in [3.63, 3.8) is 0 Å². The van der Waals surface area contributed by atoms with E-state index in [1.54, 1.807) is 43.1 Å². The third-order valence-corrected chi connectivity index (χ3v) is 3.26. The normalized spacial score (nSPS) is 12.0. The molecular formula is C15H20N2O4. The maximum absolute atomic E-state index is 12.1. The number of aliphatic carboxylic acids is 1. The maximum atomic E-state index is 12.1. The Morgan fingerprint density at radius 2 is 2.00 bits per heavy atom. The Kier molecular flexibility index (Phi) is 6.05. The van der Waals surface area contributed by atoms with Crippen molar-refractivity contribution in [2.75, 3.05) is 18.9 Å². The van der Waals surface area contributed by atoms with Crippen LogP contribution in [0.5, 0.6) is 0 Å². The second kappa shape index (κ2) is 7.54. The zero-order chi connectivity index (χ0) is 16.0. The number of Topliss-reactive ketones (excluding diaryl/α,β-unsaturated/α-hetero) is 1. The van der Waals surface area contributed by atoms with E-state index in [9.17, 15) is 14.4 Å². The number of rotatable bonds is 7. The topological polar surface area (TPSA) is 86.7 Å². The second-order valence-corrected chi connectivity index (χ2v) is 4.93. The first-order chi connectivity index (χ1) is 9.81. The van der Waals surface area contributed by atoms with Gasteiger partial charge in [-0.2, -0.15) is 0 Å². The van der Waals surface area contributed by atoms with Gasteiger partial charge in [0.25, 0.3) is 0 Å². The van der Waals surface area contributed by atoms with Crippen LogP contribution in [-0.4, -0.2) is 47.3 Å². The van der Waals surface area contributed by atoms with Crippen LogP contribution in [0.15, 0.2) is 24.3 Å². The SMILES string of the molecule is CC(=O)c1cccc(NC(=O)C(C)N(C)CCC(=O)O)c1. The van der Waals surface area contributed by atoms with Crippen LogP contribution in [0.25, 0.3) is 0 Å². The first kappa shape index (κ1) is 16.8. The fourth-order valence-electron chi connectivity index (χ4n) is 1.73. The summed E-state index contributed by atoms with van der Waals surface area (Å²) in [5, 5.41) is 11.4. The molecule has 0 saturated carbocycles. The Hall–Kier alpha value is -2.21. The number of carbonyl (C=O) groups excluding carboxylic acids is 2. The van der Waals surface area contributed by atoms with Crippen molar-refractivity contribution in [2.24, 2.45) is 0 Å². The predicted octanol–water partition coefficient (Wildman–Crippen LogP) is 1.62. The van der Waals surface area contributed by atoms with Crippen molar-refractivity contribution in [3.05, 3.63) is 29.8 Å². The molecule has 0 bridgehead atoms. The van der Waals surface area contributed by atoms with Crippen molar-refractivity contribution >= 4 is 23.3 Å². The van der Waals surface area contributed by atoms with Gasteiger partial charge in [-0.05, 0) is 33.0 Å². The molecule has 0 spiro atoms. The van der Waals surface area contributed by atoms with Crippen LogP contribution in [0.1, 0.15) is 30.6 Å². The van der Waals surface area contributed by atoms with Gasteiger partial charge in [0, 0.05) is 17.8 Å². The van der Waals surface area contributed by atoms with E-state index in [4.69, 9.17) is 5.11 Å². The van der Waals surface area contributed by atoms with E-state index in [1.165, 1.54) is 6.92 Å². The zero-order valence-corrected chi connectivity index (χ0v) is 12.4. The molecule has 0 fully saturated rings. The molecule has 0 saturated heterocycles. The van der Waals surface area contributed by atoms with E-state index in [0.717, 1.165) is 0 Å². The van der Waals surface area contributed by atoms with Gasteiger partial charge >= 0.3 is 5.97 Å². The number of carboxylic acid groups (broad SMARTS) is 1. The summed E-state index contributed by atoms with van der Waals surface area (Å²) in [6.07, 6.45) is -0.0199. The summed E-state index contributed by atoms with van der Waals surface area (Å²) in [5.41, 5.74) is 1.07. The van der Waals surface area contributed by atoms with Gasteiger partial charge < -0.3 is 10.4 Å². The van der Waals surface area contributed by atoms with Crippen molar-refractivity contribution < 1.29 is 19.5 Å². The minimum Gasteiger partial charge on any atom is -0.481 e. The Labute approximate surface area is 123 Å². The van der Waals surface area contributed by atoms with Gasteiger partial charge in [0.2, 0.25) is 5.91 Å². The Balaban J connectivity index is 2.65.